The number of nitriles is 1. The van der Waals surface area contributed by atoms with Crippen molar-refractivity contribution in [3.63, 3.8) is 0 Å². The largest absolute Gasteiger partial charge is 0.378 e. The van der Waals surface area contributed by atoms with Gasteiger partial charge in [-0.15, -0.1) is 0 Å². The molecule has 2 aromatic rings. The van der Waals surface area contributed by atoms with Gasteiger partial charge >= 0.3 is 0 Å². The Morgan fingerprint density at radius 2 is 2.11 bits per heavy atom. The Morgan fingerprint density at radius 1 is 1.28 bits per heavy atom. The van der Waals surface area contributed by atoms with Crippen molar-refractivity contribution in [2.45, 2.75) is 6.54 Å². The van der Waals surface area contributed by atoms with Gasteiger partial charge in [-0.3, -0.25) is 0 Å². The smallest absolute Gasteiger partial charge is 0.146 e. The van der Waals surface area contributed by atoms with E-state index in [1.165, 1.54) is 6.20 Å². The highest BCUT2D eigenvalue weighted by atomic mass is 19.1. The average Bonchev–Trinajstić information content (AvgIpc) is 2.40. The lowest BCUT2D eigenvalue weighted by atomic mass is 10.2. The molecule has 1 N–H and O–H groups in total. The fraction of sp³-hybridized carbons (Fsp3) is 0.0769. The molecular weight excluding hydrogens is 236 g/mol. The first-order valence-corrected chi connectivity index (χ1v) is 5.23. The van der Waals surface area contributed by atoms with Crippen LogP contribution in [0, 0.1) is 23.0 Å². The van der Waals surface area contributed by atoms with Gasteiger partial charge in [0.05, 0.1) is 5.69 Å². The topological polar surface area (TPSA) is 48.7 Å². The SMILES string of the molecule is N#Cc1ncccc1CNc1cc(F)ccc1F. The molecule has 1 aromatic heterocycles. The summed E-state index contributed by atoms with van der Waals surface area (Å²) in [5.41, 5.74) is 0.952. The van der Waals surface area contributed by atoms with Crippen molar-refractivity contribution < 1.29 is 8.78 Å². The predicted molar refractivity (Wildman–Crippen MR) is 62.6 cm³/mol. The molecule has 1 heterocycles. The van der Waals surface area contributed by atoms with Crippen LogP contribution < -0.4 is 5.32 Å². The highest BCUT2D eigenvalue weighted by Crippen LogP contribution is 2.16. The lowest BCUT2D eigenvalue weighted by Gasteiger charge is -2.08. The third-order valence-corrected chi connectivity index (χ3v) is 2.39. The van der Waals surface area contributed by atoms with Crippen LogP contribution in [0.3, 0.4) is 0 Å². The zero-order valence-electron chi connectivity index (χ0n) is 9.32. The van der Waals surface area contributed by atoms with E-state index < -0.39 is 11.6 Å². The van der Waals surface area contributed by atoms with E-state index in [4.69, 9.17) is 5.26 Å². The highest BCUT2D eigenvalue weighted by molar-refractivity contribution is 5.46. The summed E-state index contributed by atoms with van der Waals surface area (Å²) in [6.45, 7) is 0.205. The van der Waals surface area contributed by atoms with Crippen LogP contribution in [0.2, 0.25) is 0 Å². The minimum absolute atomic E-state index is 0.0581. The number of hydrogen-bond acceptors (Lipinski definition) is 3. The second-order valence-corrected chi connectivity index (χ2v) is 3.60. The molecule has 0 saturated carbocycles. The Morgan fingerprint density at radius 3 is 2.89 bits per heavy atom. The fourth-order valence-corrected chi connectivity index (χ4v) is 1.51. The minimum atomic E-state index is -0.543. The van der Waals surface area contributed by atoms with E-state index in [1.54, 1.807) is 12.1 Å². The normalized spacial score (nSPS) is 9.83. The molecule has 0 aliphatic carbocycles. The predicted octanol–water partition coefficient (Wildman–Crippen LogP) is 2.84. The van der Waals surface area contributed by atoms with E-state index in [1.807, 2.05) is 6.07 Å². The molecule has 0 atom stereocenters. The number of pyridine rings is 1. The number of nitrogens with one attached hydrogen (secondary N) is 1. The summed E-state index contributed by atoms with van der Waals surface area (Å²) in [7, 11) is 0. The summed E-state index contributed by atoms with van der Waals surface area (Å²) >= 11 is 0. The van der Waals surface area contributed by atoms with Gasteiger partial charge in [0.1, 0.15) is 23.4 Å². The molecule has 0 aliphatic rings. The maximum Gasteiger partial charge on any atom is 0.146 e. The van der Waals surface area contributed by atoms with Gasteiger partial charge in [-0.1, -0.05) is 6.07 Å². The monoisotopic (exact) mass is 245 g/mol. The van der Waals surface area contributed by atoms with Gasteiger partial charge in [0.2, 0.25) is 0 Å². The molecule has 0 spiro atoms. The molecule has 2 rings (SSSR count). The van der Waals surface area contributed by atoms with Crippen molar-refractivity contribution in [2.75, 3.05) is 5.32 Å². The third-order valence-electron chi connectivity index (χ3n) is 2.39. The number of anilines is 1. The number of aromatic nitrogens is 1. The van der Waals surface area contributed by atoms with Gasteiger partial charge in [0.15, 0.2) is 0 Å². The Hall–Kier alpha value is -2.48. The summed E-state index contributed by atoms with van der Waals surface area (Å²) in [4.78, 5) is 3.88. The summed E-state index contributed by atoms with van der Waals surface area (Å²) in [5, 5.41) is 11.6. The Balaban J connectivity index is 2.17. The molecule has 0 bridgehead atoms. The molecule has 1 aromatic carbocycles. The van der Waals surface area contributed by atoms with Crippen LogP contribution in [-0.4, -0.2) is 4.98 Å². The first kappa shape index (κ1) is 12.0. The maximum atomic E-state index is 13.3. The zero-order valence-corrected chi connectivity index (χ0v) is 9.32. The van der Waals surface area contributed by atoms with Gasteiger partial charge in [-0.25, -0.2) is 13.8 Å². The molecule has 0 saturated heterocycles. The van der Waals surface area contributed by atoms with Crippen molar-refractivity contribution in [3.8, 4) is 6.07 Å². The molecule has 90 valence electrons. The molecule has 0 aliphatic heterocycles. The second-order valence-electron chi connectivity index (χ2n) is 3.60. The Kier molecular flexibility index (Phi) is 3.49. The summed E-state index contributed by atoms with van der Waals surface area (Å²) in [6, 6.07) is 8.49. The van der Waals surface area contributed by atoms with Crippen LogP contribution in [0.4, 0.5) is 14.5 Å². The third kappa shape index (κ3) is 2.61. The molecule has 3 nitrogen and oxygen atoms in total. The minimum Gasteiger partial charge on any atom is -0.378 e. The first-order valence-electron chi connectivity index (χ1n) is 5.23. The van der Waals surface area contributed by atoms with Crippen molar-refractivity contribution >= 4 is 5.69 Å². The van der Waals surface area contributed by atoms with Crippen LogP contribution in [0.25, 0.3) is 0 Å². The van der Waals surface area contributed by atoms with E-state index in [0.717, 1.165) is 18.2 Å². The van der Waals surface area contributed by atoms with Crippen LogP contribution in [0.1, 0.15) is 11.3 Å². The second kappa shape index (κ2) is 5.23. The number of rotatable bonds is 3. The van der Waals surface area contributed by atoms with Gasteiger partial charge in [0, 0.05) is 18.3 Å². The van der Waals surface area contributed by atoms with Gasteiger partial charge in [-0.2, -0.15) is 5.26 Å². The average molecular weight is 245 g/mol. The van der Waals surface area contributed by atoms with E-state index in [-0.39, 0.29) is 17.9 Å². The fourth-order valence-electron chi connectivity index (χ4n) is 1.51. The first-order chi connectivity index (χ1) is 8.70. The van der Waals surface area contributed by atoms with E-state index in [2.05, 4.69) is 10.3 Å². The van der Waals surface area contributed by atoms with E-state index >= 15 is 0 Å². The standard InChI is InChI=1S/C13H9F2N3/c14-10-3-4-11(15)12(6-10)18-8-9-2-1-5-17-13(9)7-16/h1-6,18H,8H2. The molecule has 0 amide bonds. The quantitative estimate of drug-likeness (QED) is 0.904. The lowest BCUT2D eigenvalue weighted by Crippen LogP contribution is -2.04. The van der Waals surface area contributed by atoms with Crippen molar-refractivity contribution in [1.29, 1.82) is 5.26 Å². The van der Waals surface area contributed by atoms with E-state index in [0.29, 0.717) is 5.56 Å². The van der Waals surface area contributed by atoms with Crippen LogP contribution in [0.15, 0.2) is 36.5 Å². The Labute approximate surface area is 103 Å². The van der Waals surface area contributed by atoms with Crippen molar-refractivity contribution in [1.82, 2.24) is 4.98 Å². The molecule has 18 heavy (non-hydrogen) atoms. The van der Waals surface area contributed by atoms with Crippen LogP contribution >= 0.6 is 0 Å². The molecule has 0 fully saturated rings. The highest BCUT2D eigenvalue weighted by Gasteiger charge is 2.06. The van der Waals surface area contributed by atoms with Gasteiger partial charge in [-0.05, 0) is 24.3 Å². The number of hydrogen-bond donors (Lipinski definition) is 1. The van der Waals surface area contributed by atoms with Crippen molar-refractivity contribution in [2.24, 2.45) is 0 Å². The maximum absolute atomic E-state index is 13.3. The van der Waals surface area contributed by atoms with E-state index in [9.17, 15) is 8.78 Å². The summed E-state index contributed by atoms with van der Waals surface area (Å²) in [6.07, 6.45) is 1.50. The molecule has 5 heteroatoms. The van der Waals surface area contributed by atoms with Crippen LogP contribution in [-0.2, 0) is 6.54 Å². The van der Waals surface area contributed by atoms with Crippen LogP contribution in [0.5, 0.6) is 0 Å². The number of halogens is 2. The zero-order chi connectivity index (χ0) is 13.0. The van der Waals surface area contributed by atoms with Gasteiger partial charge in [0.25, 0.3) is 0 Å². The Bertz CT molecular complexity index is 605. The summed E-state index contributed by atoms with van der Waals surface area (Å²) in [5.74, 6) is -1.07. The lowest BCUT2D eigenvalue weighted by molar-refractivity contribution is 0.602. The molecule has 0 unspecified atom stereocenters. The van der Waals surface area contributed by atoms with Gasteiger partial charge < -0.3 is 5.32 Å². The molecule has 0 radical (unpaired) electrons. The summed E-state index contributed by atoms with van der Waals surface area (Å²) < 4.78 is 26.3. The van der Waals surface area contributed by atoms with Crippen molar-refractivity contribution in [3.05, 3.63) is 59.4 Å². The number of nitrogens with zero attached hydrogens (tertiary/aromatic N) is 2. The number of benzene rings is 1. The molecular formula is C13H9F2N3.